The molecule has 0 bridgehead atoms. The molecule has 2 aromatic carbocycles. The molecule has 3 aliphatic rings. The molecule has 1 atom stereocenters. The van der Waals surface area contributed by atoms with Crippen molar-refractivity contribution in [1.29, 1.82) is 5.26 Å². The van der Waals surface area contributed by atoms with E-state index in [1.807, 2.05) is 48.5 Å². The van der Waals surface area contributed by atoms with Gasteiger partial charge in [0.25, 0.3) is 5.91 Å². The highest BCUT2D eigenvalue weighted by Gasteiger charge is 2.39. The lowest BCUT2D eigenvalue weighted by atomic mass is 9.88. The predicted octanol–water partition coefficient (Wildman–Crippen LogP) is 3.84. The van der Waals surface area contributed by atoms with E-state index < -0.39 is 6.04 Å². The summed E-state index contributed by atoms with van der Waals surface area (Å²) in [5, 5.41) is 15.2. The minimum Gasteiger partial charge on any atom is -0.339 e. The van der Waals surface area contributed by atoms with Gasteiger partial charge in [-0.1, -0.05) is 30.3 Å². The molecule has 2 saturated heterocycles. The van der Waals surface area contributed by atoms with Crippen molar-refractivity contribution >= 4 is 29.2 Å². The number of para-hydroxylation sites is 1. The Balaban J connectivity index is 1.08. The molecule has 2 N–H and O–H groups in total. The number of amides is 3. The second-order valence-electron chi connectivity index (χ2n) is 10.7. The molecule has 2 fully saturated rings. The summed E-state index contributed by atoms with van der Waals surface area (Å²) in [6.45, 7) is 2.96. The van der Waals surface area contributed by atoms with Gasteiger partial charge in [-0.2, -0.15) is 5.26 Å². The second-order valence-corrected chi connectivity index (χ2v) is 10.7. The van der Waals surface area contributed by atoms with Gasteiger partial charge in [-0.3, -0.25) is 24.6 Å². The maximum atomic E-state index is 13.0. The van der Waals surface area contributed by atoms with E-state index in [2.05, 4.69) is 33.7 Å². The molecule has 0 radical (unpaired) electrons. The molecule has 40 heavy (non-hydrogen) atoms. The SMILES string of the molecule is N#Cc1ccc(CN2CCC(c3ccc4c(c3)CN(C3CCC(=O)NC3=O)C4=O)CC2)nc1Nc1ccccc1. The van der Waals surface area contributed by atoms with Gasteiger partial charge in [0.15, 0.2) is 0 Å². The van der Waals surface area contributed by atoms with E-state index in [9.17, 15) is 19.6 Å². The number of nitrogens with zero attached hydrogens (tertiary/aromatic N) is 4. The Kier molecular flexibility index (Phi) is 7.01. The Labute approximate surface area is 232 Å². The first-order valence-corrected chi connectivity index (χ1v) is 13.7. The standard InChI is InChI=1S/C31H30N6O3/c32-17-22-6-8-25(34-29(22)33-24-4-2-1-3-5-24)19-36-14-12-20(13-15-36)21-7-9-26-23(16-21)18-37(31(26)40)27-10-11-28(38)35-30(27)39/h1-9,16,20,27H,10-15,18-19H2,(H,33,34)(H,35,38,39). The predicted molar refractivity (Wildman–Crippen MR) is 148 cm³/mol. The highest BCUT2D eigenvalue weighted by molar-refractivity contribution is 6.05. The van der Waals surface area contributed by atoms with Crippen molar-refractivity contribution in [3.63, 3.8) is 0 Å². The van der Waals surface area contributed by atoms with Crippen LogP contribution in [0.2, 0.25) is 0 Å². The molecule has 3 amide bonds. The Morgan fingerprint density at radius 1 is 1.00 bits per heavy atom. The normalized spacial score (nSPS) is 19.7. The minimum atomic E-state index is -0.594. The first-order valence-electron chi connectivity index (χ1n) is 13.7. The molecule has 6 rings (SSSR count). The molecule has 9 heteroatoms. The lowest BCUT2D eigenvalue weighted by molar-refractivity contribution is -0.136. The van der Waals surface area contributed by atoms with E-state index in [4.69, 9.17) is 4.98 Å². The number of nitrogens with one attached hydrogen (secondary N) is 2. The number of aromatic nitrogens is 1. The van der Waals surface area contributed by atoms with Gasteiger partial charge >= 0.3 is 0 Å². The molecule has 1 aromatic heterocycles. The summed E-state index contributed by atoms with van der Waals surface area (Å²) in [4.78, 5) is 45.6. The first kappa shape index (κ1) is 25.7. The molecular weight excluding hydrogens is 504 g/mol. The number of nitriles is 1. The maximum absolute atomic E-state index is 13.0. The van der Waals surface area contributed by atoms with Crippen molar-refractivity contribution in [1.82, 2.24) is 20.1 Å². The maximum Gasteiger partial charge on any atom is 0.255 e. The van der Waals surface area contributed by atoms with Crippen LogP contribution < -0.4 is 10.6 Å². The van der Waals surface area contributed by atoms with Crippen LogP contribution in [0.25, 0.3) is 0 Å². The highest BCUT2D eigenvalue weighted by atomic mass is 16.2. The van der Waals surface area contributed by atoms with Crippen LogP contribution in [0.15, 0.2) is 60.7 Å². The number of rotatable bonds is 6. The van der Waals surface area contributed by atoms with Crippen LogP contribution >= 0.6 is 0 Å². The van der Waals surface area contributed by atoms with Crippen molar-refractivity contribution < 1.29 is 14.4 Å². The Morgan fingerprint density at radius 3 is 2.55 bits per heavy atom. The molecule has 4 heterocycles. The fourth-order valence-electron chi connectivity index (χ4n) is 5.93. The Bertz CT molecular complexity index is 1510. The van der Waals surface area contributed by atoms with E-state index in [0.29, 0.717) is 42.4 Å². The van der Waals surface area contributed by atoms with Crippen LogP contribution in [0.4, 0.5) is 11.5 Å². The molecule has 9 nitrogen and oxygen atoms in total. The van der Waals surface area contributed by atoms with Gasteiger partial charge in [-0.05, 0) is 79.7 Å². The first-order chi connectivity index (χ1) is 19.5. The van der Waals surface area contributed by atoms with Crippen molar-refractivity contribution in [2.24, 2.45) is 0 Å². The topological polar surface area (TPSA) is 118 Å². The van der Waals surface area contributed by atoms with Crippen LogP contribution in [-0.2, 0) is 22.7 Å². The number of fused-ring (bicyclic) bond motifs is 1. The van der Waals surface area contributed by atoms with Crippen LogP contribution in [0.1, 0.15) is 64.3 Å². The molecular formula is C31H30N6O3. The number of hydrogen-bond acceptors (Lipinski definition) is 7. The van der Waals surface area contributed by atoms with E-state index in [1.165, 1.54) is 5.56 Å². The fourth-order valence-corrected chi connectivity index (χ4v) is 5.93. The summed E-state index contributed by atoms with van der Waals surface area (Å²) >= 11 is 0. The zero-order valence-corrected chi connectivity index (χ0v) is 22.1. The zero-order valence-electron chi connectivity index (χ0n) is 22.1. The number of anilines is 2. The lowest BCUT2D eigenvalue weighted by Gasteiger charge is -2.32. The number of imide groups is 1. The van der Waals surface area contributed by atoms with Gasteiger partial charge in [0.2, 0.25) is 11.8 Å². The molecule has 202 valence electrons. The van der Waals surface area contributed by atoms with E-state index >= 15 is 0 Å². The van der Waals surface area contributed by atoms with Gasteiger partial charge in [-0.15, -0.1) is 0 Å². The van der Waals surface area contributed by atoms with E-state index in [1.54, 1.807) is 4.90 Å². The number of likely N-dealkylation sites (tertiary alicyclic amines) is 1. The third kappa shape index (κ3) is 5.18. The highest BCUT2D eigenvalue weighted by Crippen LogP contribution is 2.34. The number of pyridine rings is 1. The van der Waals surface area contributed by atoms with E-state index in [-0.39, 0.29) is 24.1 Å². The average Bonchev–Trinajstić information content (AvgIpc) is 3.29. The summed E-state index contributed by atoms with van der Waals surface area (Å²) < 4.78 is 0. The molecule has 0 aliphatic carbocycles. The molecule has 1 unspecified atom stereocenters. The monoisotopic (exact) mass is 534 g/mol. The summed E-state index contributed by atoms with van der Waals surface area (Å²) in [5.74, 6) is 0.163. The van der Waals surface area contributed by atoms with Gasteiger partial charge in [-0.25, -0.2) is 4.98 Å². The molecule has 0 spiro atoms. The number of hydrogen-bond donors (Lipinski definition) is 2. The van der Waals surface area contributed by atoms with Crippen LogP contribution in [0, 0.1) is 11.3 Å². The average molecular weight is 535 g/mol. The van der Waals surface area contributed by atoms with Gasteiger partial charge < -0.3 is 10.2 Å². The van der Waals surface area contributed by atoms with Gasteiger partial charge in [0, 0.05) is 30.8 Å². The zero-order chi connectivity index (χ0) is 27.6. The van der Waals surface area contributed by atoms with Gasteiger partial charge in [0.1, 0.15) is 17.9 Å². The smallest absolute Gasteiger partial charge is 0.255 e. The van der Waals surface area contributed by atoms with Crippen molar-refractivity contribution in [2.75, 3.05) is 18.4 Å². The fraction of sp³-hybridized carbons (Fsp3) is 0.323. The third-order valence-electron chi connectivity index (χ3n) is 8.10. The number of piperidine rings is 2. The molecule has 3 aromatic rings. The summed E-state index contributed by atoms with van der Waals surface area (Å²) in [6, 6.07) is 21.2. The van der Waals surface area contributed by atoms with Crippen molar-refractivity contribution in [3.05, 3.63) is 88.6 Å². The largest absolute Gasteiger partial charge is 0.339 e. The number of benzene rings is 2. The second kappa shape index (κ2) is 10.9. The van der Waals surface area contributed by atoms with Gasteiger partial charge in [0.05, 0.1) is 11.3 Å². The summed E-state index contributed by atoms with van der Waals surface area (Å²) in [7, 11) is 0. The van der Waals surface area contributed by atoms with Crippen LogP contribution in [0.5, 0.6) is 0 Å². The Morgan fingerprint density at radius 2 is 1.80 bits per heavy atom. The number of carbonyl (C=O) groups excluding carboxylic acids is 3. The summed E-state index contributed by atoms with van der Waals surface area (Å²) in [6.07, 6.45) is 2.61. The van der Waals surface area contributed by atoms with Crippen LogP contribution in [-0.4, -0.2) is 51.6 Å². The van der Waals surface area contributed by atoms with E-state index in [0.717, 1.165) is 42.9 Å². The molecule has 0 saturated carbocycles. The summed E-state index contributed by atoms with van der Waals surface area (Å²) in [5.41, 5.74) is 5.15. The molecule has 3 aliphatic heterocycles. The number of carbonyl (C=O) groups is 3. The van der Waals surface area contributed by atoms with Crippen LogP contribution in [0.3, 0.4) is 0 Å². The Hall–Kier alpha value is -4.55. The minimum absolute atomic E-state index is 0.137. The third-order valence-corrected chi connectivity index (χ3v) is 8.10. The lowest BCUT2D eigenvalue weighted by Crippen LogP contribution is -2.52. The van der Waals surface area contributed by atoms with Crippen molar-refractivity contribution in [2.45, 2.75) is 50.7 Å². The quantitative estimate of drug-likeness (QED) is 0.462. The van der Waals surface area contributed by atoms with Crippen molar-refractivity contribution in [3.8, 4) is 6.07 Å².